The molecule has 0 radical (unpaired) electrons. The largest absolute Gasteiger partial charge is 0.370 e. The van der Waals surface area contributed by atoms with Gasteiger partial charge in [0.1, 0.15) is 0 Å². The van der Waals surface area contributed by atoms with E-state index in [0.29, 0.717) is 13.2 Å². The fourth-order valence-corrected chi connectivity index (χ4v) is 1.14. The lowest BCUT2D eigenvalue weighted by atomic mass is 10.1. The zero-order valence-electron chi connectivity index (χ0n) is 9.21. The molecule has 0 heterocycles. The Morgan fingerprint density at radius 1 is 1.36 bits per heavy atom. The molecular formula is C12H19NO. The van der Waals surface area contributed by atoms with Gasteiger partial charge in [0.25, 0.3) is 0 Å². The summed E-state index contributed by atoms with van der Waals surface area (Å²) in [6, 6.07) is 8.33. The third-order valence-corrected chi connectivity index (χ3v) is 2.20. The van der Waals surface area contributed by atoms with Gasteiger partial charge in [-0.15, -0.1) is 0 Å². The van der Waals surface area contributed by atoms with Crippen LogP contribution in [0, 0.1) is 6.92 Å². The zero-order valence-corrected chi connectivity index (χ0v) is 9.21. The van der Waals surface area contributed by atoms with Crippen LogP contribution in [0.1, 0.15) is 25.0 Å². The molecule has 2 heteroatoms. The van der Waals surface area contributed by atoms with Crippen LogP contribution in [-0.4, -0.2) is 12.1 Å². The molecule has 0 aliphatic heterocycles. The monoisotopic (exact) mass is 193 g/mol. The van der Waals surface area contributed by atoms with E-state index in [4.69, 9.17) is 10.5 Å². The lowest BCUT2D eigenvalue weighted by molar-refractivity contribution is -0.0222. The van der Waals surface area contributed by atoms with Crippen molar-refractivity contribution in [2.75, 3.05) is 6.54 Å². The van der Waals surface area contributed by atoms with Gasteiger partial charge in [-0.3, -0.25) is 0 Å². The molecule has 14 heavy (non-hydrogen) atoms. The second-order valence-electron chi connectivity index (χ2n) is 4.24. The van der Waals surface area contributed by atoms with Gasteiger partial charge in [0.05, 0.1) is 12.2 Å². The summed E-state index contributed by atoms with van der Waals surface area (Å²) in [6.45, 7) is 7.26. The molecule has 0 bridgehead atoms. The van der Waals surface area contributed by atoms with Crippen molar-refractivity contribution in [1.82, 2.24) is 0 Å². The van der Waals surface area contributed by atoms with Crippen molar-refractivity contribution >= 4 is 0 Å². The summed E-state index contributed by atoms with van der Waals surface area (Å²) in [5.74, 6) is 0. The van der Waals surface area contributed by atoms with Gasteiger partial charge in [-0.25, -0.2) is 0 Å². The van der Waals surface area contributed by atoms with Crippen LogP contribution in [0.2, 0.25) is 0 Å². The number of rotatable bonds is 4. The molecule has 0 spiro atoms. The Morgan fingerprint density at radius 2 is 2.07 bits per heavy atom. The number of hydrogen-bond acceptors (Lipinski definition) is 2. The van der Waals surface area contributed by atoms with Crippen molar-refractivity contribution < 1.29 is 4.74 Å². The highest BCUT2D eigenvalue weighted by Gasteiger charge is 2.15. The smallest absolute Gasteiger partial charge is 0.0752 e. The maximum atomic E-state index is 5.69. The molecule has 0 saturated carbocycles. The Bertz CT molecular complexity index is 294. The third-order valence-electron chi connectivity index (χ3n) is 2.20. The van der Waals surface area contributed by atoms with Gasteiger partial charge < -0.3 is 10.5 Å². The minimum absolute atomic E-state index is 0.232. The minimum Gasteiger partial charge on any atom is -0.370 e. The quantitative estimate of drug-likeness (QED) is 0.796. The van der Waals surface area contributed by atoms with E-state index in [1.807, 2.05) is 19.9 Å². The molecule has 0 aliphatic carbocycles. The second-order valence-corrected chi connectivity index (χ2v) is 4.24. The van der Waals surface area contributed by atoms with Gasteiger partial charge in [-0.05, 0) is 26.3 Å². The lowest BCUT2D eigenvalue weighted by Crippen LogP contribution is -2.33. The molecule has 0 fully saturated rings. The van der Waals surface area contributed by atoms with Crippen molar-refractivity contribution in [1.29, 1.82) is 0 Å². The second kappa shape index (κ2) is 4.58. The Labute approximate surface area is 86.1 Å². The predicted octanol–water partition coefficient (Wildman–Crippen LogP) is 2.25. The van der Waals surface area contributed by atoms with Crippen LogP contribution in [-0.2, 0) is 11.3 Å². The standard InChI is InChI=1S/C12H19NO/c1-10-5-4-6-11(7-10)8-14-12(2,3)9-13/h4-7H,8-9,13H2,1-3H3. The summed E-state index contributed by atoms with van der Waals surface area (Å²) < 4.78 is 5.69. The summed E-state index contributed by atoms with van der Waals surface area (Å²) in [7, 11) is 0. The normalized spacial score (nSPS) is 11.7. The topological polar surface area (TPSA) is 35.2 Å². The van der Waals surface area contributed by atoms with Gasteiger partial charge in [0, 0.05) is 6.54 Å². The zero-order chi connectivity index (χ0) is 10.6. The third kappa shape index (κ3) is 3.48. The summed E-state index contributed by atoms with van der Waals surface area (Å²) >= 11 is 0. The summed E-state index contributed by atoms with van der Waals surface area (Å²) in [6.07, 6.45) is 0. The van der Waals surface area contributed by atoms with Crippen LogP contribution >= 0.6 is 0 Å². The Hall–Kier alpha value is -0.860. The fourth-order valence-electron chi connectivity index (χ4n) is 1.14. The number of ether oxygens (including phenoxy) is 1. The SMILES string of the molecule is Cc1cccc(COC(C)(C)CN)c1. The molecule has 78 valence electrons. The van der Waals surface area contributed by atoms with E-state index >= 15 is 0 Å². The Kier molecular flexibility index (Phi) is 3.67. The van der Waals surface area contributed by atoms with Crippen molar-refractivity contribution in [3.8, 4) is 0 Å². The van der Waals surface area contributed by atoms with Crippen molar-refractivity contribution in [3.05, 3.63) is 35.4 Å². The van der Waals surface area contributed by atoms with E-state index in [2.05, 4.69) is 25.1 Å². The number of hydrogen-bond donors (Lipinski definition) is 1. The average Bonchev–Trinajstić information content (AvgIpc) is 2.15. The highest BCUT2D eigenvalue weighted by molar-refractivity contribution is 5.21. The van der Waals surface area contributed by atoms with E-state index in [1.54, 1.807) is 0 Å². The van der Waals surface area contributed by atoms with Crippen molar-refractivity contribution in [2.45, 2.75) is 33.0 Å². The van der Waals surface area contributed by atoms with E-state index < -0.39 is 0 Å². The first-order chi connectivity index (χ1) is 6.53. The van der Waals surface area contributed by atoms with Gasteiger partial charge >= 0.3 is 0 Å². The van der Waals surface area contributed by atoms with E-state index in [9.17, 15) is 0 Å². The molecular weight excluding hydrogens is 174 g/mol. The molecule has 0 saturated heterocycles. The summed E-state index contributed by atoms with van der Waals surface area (Å²) in [5.41, 5.74) is 7.80. The average molecular weight is 193 g/mol. The first-order valence-corrected chi connectivity index (χ1v) is 4.93. The number of benzene rings is 1. The molecule has 0 amide bonds. The summed E-state index contributed by atoms with van der Waals surface area (Å²) in [4.78, 5) is 0. The van der Waals surface area contributed by atoms with Crippen LogP contribution < -0.4 is 5.73 Å². The first-order valence-electron chi connectivity index (χ1n) is 4.93. The highest BCUT2D eigenvalue weighted by atomic mass is 16.5. The van der Waals surface area contributed by atoms with Crippen LogP contribution in [0.4, 0.5) is 0 Å². The van der Waals surface area contributed by atoms with Crippen molar-refractivity contribution in [3.63, 3.8) is 0 Å². The van der Waals surface area contributed by atoms with Gasteiger partial charge in [0.15, 0.2) is 0 Å². The Morgan fingerprint density at radius 3 is 2.64 bits per heavy atom. The molecule has 2 nitrogen and oxygen atoms in total. The van der Waals surface area contributed by atoms with E-state index in [1.165, 1.54) is 11.1 Å². The lowest BCUT2D eigenvalue weighted by Gasteiger charge is -2.23. The number of aryl methyl sites for hydroxylation is 1. The molecule has 2 N–H and O–H groups in total. The van der Waals surface area contributed by atoms with Crippen LogP contribution in [0.25, 0.3) is 0 Å². The molecule has 0 aliphatic rings. The van der Waals surface area contributed by atoms with E-state index in [0.717, 1.165) is 0 Å². The minimum atomic E-state index is -0.232. The number of nitrogens with two attached hydrogens (primary N) is 1. The molecule has 1 rings (SSSR count). The van der Waals surface area contributed by atoms with Crippen LogP contribution in [0.3, 0.4) is 0 Å². The highest BCUT2D eigenvalue weighted by Crippen LogP contribution is 2.12. The predicted molar refractivity (Wildman–Crippen MR) is 59.1 cm³/mol. The molecule has 0 atom stereocenters. The van der Waals surface area contributed by atoms with Gasteiger partial charge in [-0.1, -0.05) is 29.8 Å². The van der Waals surface area contributed by atoms with Crippen LogP contribution in [0.15, 0.2) is 24.3 Å². The molecule has 1 aromatic carbocycles. The maximum Gasteiger partial charge on any atom is 0.0752 e. The maximum absolute atomic E-state index is 5.69. The van der Waals surface area contributed by atoms with Gasteiger partial charge in [0.2, 0.25) is 0 Å². The summed E-state index contributed by atoms with van der Waals surface area (Å²) in [5, 5.41) is 0. The molecule has 0 aromatic heterocycles. The first kappa shape index (κ1) is 11.2. The molecule has 0 unspecified atom stereocenters. The van der Waals surface area contributed by atoms with Crippen LogP contribution in [0.5, 0.6) is 0 Å². The molecule has 1 aromatic rings. The van der Waals surface area contributed by atoms with Gasteiger partial charge in [-0.2, -0.15) is 0 Å². The fraction of sp³-hybridized carbons (Fsp3) is 0.500. The Balaban J connectivity index is 2.54. The van der Waals surface area contributed by atoms with Crippen molar-refractivity contribution in [2.24, 2.45) is 5.73 Å². The van der Waals surface area contributed by atoms with E-state index in [-0.39, 0.29) is 5.60 Å².